The zero-order valence-corrected chi connectivity index (χ0v) is 11.0. The minimum Gasteiger partial charge on any atom is -0.476 e. The Morgan fingerprint density at radius 3 is 2.76 bits per heavy atom. The quantitative estimate of drug-likeness (QED) is 0.789. The number of nitrogens with zero attached hydrogens (tertiary/aromatic N) is 2. The van der Waals surface area contributed by atoms with E-state index >= 15 is 0 Å². The summed E-state index contributed by atoms with van der Waals surface area (Å²) in [4.78, 5) is 8.33. The number of hydrogen-bond acceptors (Lipinski definition) is 5. The smallest absolute Gasteiger partial charge is 0.234 e. The van der Waals surface area contributed by atoms with Crippen molar-refractivity contribution in [2.75, 3.05) is 25.6 Å². The number of rotatable bonds is 7. The third-order valence-electron chi connectivity index (χ3n) is 2.48. The van der Waals surface area contributed by atoms with Crippen LogP contribution in [-0.4, -0.2) is 35.8 Å². The molecule has 17 heavy (non-hydrogen) atoms. The molecule has 5 heteroatoms. The Hall–Kier alpha value is -1.36. The third-order valence-corrected chi connectivity index (χ3v) is 2.48. The zero-order chi connectivity index (χ0) is 12.7. The zero-order valence-electron chi connectivity index (χ0n) is 11.0. The largest absolute Gasteiger partial charge is 0.476 e. The molecule has 5 nitrogen and oxygen atoms in total. The van der Waals surface area contributed by atoms with Gasteiger partial charge < -0.3 is 14.8 Å². The Labute approximate surface area is 103 Å². The van der Waals surface area contributed by atoms with Crippen molar-refractivity contribution in [1.29, 1.82) is 0 Å². The first-order valence-electron chi connectivity index (χ1n) is 5.81. The lowest BCUT2D eigenvalue weighted by Gasteiger charge is -2.22. The minimum atomic E-state index is -0.174. The summed E-state index contributed by atoms with van der Waals surface area (Å²) in [6.45, 7) is 7.43. The summed E-state index contributed by atoms with van der Waals surface area (Å²) in [5.74, 6) is 1.27. The van der Waals surface area contributed by atoms with Gasteiger partial charge in [-0.2, -0.15) is 4.98 Å². The Kier molecular flexibility index (Phi) is 5.15. The van der Waals surface area contributed by atoms with Crippen molar-refractivity contribution in [3.05, 3.63) is 12.4 Å². The molecular weight excluding hydrogens is 218 g/mol. The third kappa shape index (κ3) is 4.99. The highest BCUT2D eigenvalue weighted by Gasteiger charge is 2.16. The van der Waals surface area contributed by atoms with E-state index in [0.717, 1.165) is 18.8 Å². The van der Waals surface area contributed by atoms with Gasteiger partial charge in [0.25, 0.3) is 0 Å². The number of methoxy groups -OCH3 is 1. The molecule has 1 aromatic heterocycles. The van der Waals surface area contributed by atoms with Crippen LogP contribution in [0.3, 0.4) is 0 Å². The highest BCUT2D eigenvalue weighted by molar-refractivity contribution is 5.32. The monoisotopic (exact) mass is 239 g/mol. The number of ether oxygens (including phenoxy) is 2. The van der Waals surface area contributed by atoms with E-state index in [9.17, 15) is 0 Å². The number of aromatic nitrogens is 2. The Morgan fingerprint density at radius 1 is 1.35 bits per heavy atom. The molecule has 0 aliphatic heterocycles. The van der Waals surface area contributed by atoms with Crippen molar-refractivity contribution in [2.24, 2.45) is 0 Å². The Morgan fingerprint density at radius 2 is 2.12 bits per heavy atom. The summed E-state index contributed by atoms with van der Waals surface area (Å²) in [5, 5.41) is 3.09. The lowest BCUT2D eigenvalue weighted by atomic mass is 10.1. The maximum absolute atomic E-state index is 5.54. The summed E-state index contributed by atoms with van der Waals surface area (Å²) < 4.78 is 10.8. The molecule has 0 saturated carbocycles. The fourth-order valence-electron chi connectivity index (χ4n) is 1.19. The van der Waals surface area contributed by atoms with E-state index in [1.165, 1.54) is 0 Å². The molecule has 1 aromatic rings. The fraction of sp³-hybridized carbons (Fsp3) is 0.667. The van der Waals surface area contributed by atoms with Crippen molar-refractivity contribution < 1.29 is 9.47 Å². The van der Waals surface area contributed by atoms with E-state index in [1.54, 1.807) is 19.5 Å². The van der Waals surface area contributed by atoms with Gasteiger partial charge in [-0.3, -0.25) is 4.98 Å². The normalized spacial score (nSPS) is 11.3. The van der Waals surface area contributed by atoms with Gasteiger partial charge in [-0.15, -0.1) is 0 Å². The molecule has 0 amide bonds. The average Bonchev–Trinajstić information content (AvgIpc) is 2.30. The van der Waals surface area contributed by atoms with Gasteiger partial charge in [0.15, 0.2) is 0 Å². The lowest BCUT2D eigenvalue weighted by molar-refractivity contribution is 0.00507. The van der Waals surface area contributed by atoms with Crippen molar-refractivity contribution in [3.63, 3.8) is 0 Å². The molecule has 1 N–H and O–H groups in total. The predicted octanol–water partition coefficient (Wildman–Crippen LogP) is 2.10. The molecule has 0 aliphatic rings. The summed E-state index contributed by atoms with van der Waals surface area (Å²) in [7, 11) is 1.70. The van der Waals surface area contributed by atoms with Gasteiger partial charge in [-0.05, 0) is 20.8 Å². The number of hydrogen-bond donors (Lipinski definition) is 1. The SMILES string of the molecule is CCNc1cncc(OCCC(C)(C)OC)n1. The lowest BCUT2D eigenvalue weighted by Crippen LogP contribution is -2.25. The van der Waals surface area contributed by atoms with E-state index in [4.69, 9.17) is 9.47 Å². The molecule has 0 saturated heterocycles. The van der Waals surface area contributed by atoms with Gasteiger partial charge in [0.2, 0.25) is 5.88 Å². The van der Waals surface area contributed by atoms with E-state index in [1.807, 2.05) is 20.8 Å². The summed E-state index contributed by atoms with van der Waals surface area (Å²) in [6, 6.07) is 0. The first-order valence-corrected chi connectivity index (χ1v) is 5.81. The maximum atomic E-state index is 5.54. The van der Waals surface area contributed by atoms with Crippen LogP contribution in [0.25, 0.3) is 0 Å². The Bertz CT molecular complexity index is 342. The molecule has 0 spiro atoms. The van der Waals surface area contributed by atoms with Gasteiger partial charge >= 0.3 is 0 Å². The molecule has 0 aliphatic carbocycles. The van der Waals surface area contributed by atoms with Crippen molar-refractivity contribution in [1.82, 2.24) is 9.97 Å². The molecule has 1 heterocycles. The molecule has 0 atom stereocenters. The molecule has 1 rings (SSSR count). The molecule has 96 valence electrons. The standard InChI is InChI=1S/C12H21N3O2/c1-5-14-10-8-13-9-11(15-10)17-7-6-12(2,3)16-4/h8-9H,5-7H2,1-4H3,(H,14,15). The van der Waals surface area contributed by atoms with E-state index in [-0.39, 0.29) is 5.60 Å². The van der Waals surface area contributed by atoms with Crippen molar-refractivity contribution in [2.45, 2.75) is 32.8 Å². The van der Waals surface area contributed by atoms with Gasteiger partial charge in [0, 0.05) is 20.1 Å². The van der Waals surface area contributed by atoms with E-state index in [0.29, 0.717) is 12.5 Å². The first kappa shape index (κ1) is 13.7. The highest BCUT2D eigenvalue weighted by atomic mass is 16.5. The molecule has 0 unspecified atom stereocenters. The van der Waals surface area contributed by atoms with Crippen LogP contribution in [0.1, 0.15) is 27.2 Å². The van der Waals surface area contributed by atoms with Crippen LogP contribution in [-0.2, 0) is 4.74 Å². The van der Waals surface area contributed by atoms with Crippen LogP contribution >= 0.6 is 0 Å². The molecule has 0 fully saturated rings. The molecular formula is C12H21N3O2. The second-order valence-electron chi connectivity index (χ2n) is 4.34. The van der Waals surface area contributed by atoms with Gasteiger partial charge in [0.1, 0.15) is 5.82 Å². The van der Waals surface area contributed by atoms with Crippen LogP contribution in [0.5, 0.6) is 5.88 Å². The van der Waals surface area contributed by atoms with Crippen LogP contribution in [0, 0.1) is 0 Å². The predicted molar refractivity (Wildman–Crippen MR) is 67.4 cm³/mol. The minimum absolute atomic E-state index is 0.174. The number of anilines is 1. The second kappa shape index (κ2) is 6.39. The van der Waals surface area contributed by atoms with Crippen molar-refractivity contribution >= 4 is 5.82 Å². The molecule has 0 bridgehead atoms. The van der Waals surface area contributed by atoms with Crippen LogP contribution in [0.15, 0.2) is 12.4 Å². The second-order valence-corrected chi connectivity index (χ2v) is 4.34. The van der Waals surface area contributed by atoms with Crippen LogP contribution < -0.4 is 10.1 Å². The Balaban J connectivity index is 2.44. The van der Waals surface area contributed by atoms with Crippen LogP contribution in [0.4, 0.5) is 5.82 Å². The average molecular weight is 239 g/mol. The maximum Gasteiger partial charge on any atom is 0.234 e. The molecule has 0 aromatic carbocycles. The molecule has 0 radical (unpaired) electrons. The summed E-state index contributed by atoms with van der Waals surface area (Å²) >= 11 is 0. The van der Waals surface area contributed by atoms with Gasteiger partial charge in [-0.1, -0.05) is 0 Å². The topological polar surface area (TPSA) is 56.3 Å². The van der Waals surface area contributed by atoms with Gasteiger partial charge in [0.05, 0.1) is 24.6 Å². The summed E-state index contributed by atoms with van der Waals surface area (Å²) in [5.41, 5.74) is -0.174. The fourth-order valence-corrected chi connectivity index (χ4v) is 1.19. The highest BCUT2D eigenvalue weighted by Crippen LogP contribution is 2.14. The van der Waals surface area contributed by atoms with Crippen LogP contribution in [0.2, 0.25) is 0 Å². The summed E-state index contributed by atoms with van der Waals surface area (Å²) in [6.07, 6.45) is 4.09. The van der Waals surface area contributed by atoms with Crippen molar-refractivity contribution in [3.8, 4) is 5.88 Å². The van der Waals surface area contributed by atoms with E-state index < -0.39 is 0 Å². The number of nitrogens with one attached hydrogen (secondary N) is 1. The first-order chi connectivity index (χ1) is 8.07. The van der Waals surface area contributed by atoms with Gasteiger partial charge in [-0.25, -0.2) is 0 Å². The van der Waals surface area contributed by atoms with E-state index in [2.05, 4.69) is 15.3 Å².